The maximum Gasteiger partial charge on any atom is 0.430 e. The van der Waals surface area contributed by atoms with Crippen LogP contribution in [0.15, 0.2) is 48.5 Å². The number of benzene rings is 2. The minimum Gasteiger partial charge on any atom is -0.491 e. The van der Waals surface area contributed by atoms with Gasteiger partial charge < -0.3 is 19.6 Å². The molecule has 0 bridgehead atoms. The lowest BCUT2D eigenvalue weighted by molar-refractivity contribution is -0.262. The van der Waals surface area contributed by atoms with Crippen molar-refractivity contribution in [2.24, 2.45) is 5.92 Å². The lowest BCUT2D eigenvalue weighted by Gasteiger charge is -2.38. The molecule has 1 N–H and O–H groups in total. The molecule has 2 amide bonds. The molecule has 0 spiro atoms. The summed E-state index contributed by atoms with van der Waals surface area (Å²) in [6, 6.07) is 11.5. The number of ether oxygens (including phenoxy) is 1. The Hall–Kier alpha value is -2.78. The molecule has 3 rings (SSSR count). The molecule has 1 aliphatic rings. The van der Waals surface area contributed by atoms with Crippen LogP contribution in [0.25, 0.3) is 0 Å². The molecule has 0 aliphatic carbocycles. The number of hydrogen-bond donors (Lipinski definition) is 1. The van der Waals surface area contributed by atoms with Crippen molar-refractivity contribution in [3.05, 3.63) is 64.7 Å². The summed E-state index contributed by atoms with van der Waals surface area (Å²) in [7, 11) is 3.31. The van der Waals surface area contributed by atoms with Gasteiger partial charge in [0.2, 0.25) is 0 Å². The highest BCUT2D eigenvalue weighted by atomic mass is 35.5. The summed E-state index contributed by atoms with van der Waals surface area (Å²) in [5, 5.41) is 10.9. The molecule has 1 fully saturated rings. The van der Waals surface area contributed by atoms with Gasteiger partial charge in [0.1, 0.15) is 5.75 Å². The van der Waals surface area contributed by atoms with Gasteiger partial charge in [-0.15, -0.1) is 0 Å². The van der Waals surface area contributed by atoms with Gasteiger partial charge in [-0.3, -0.25) is 9.59 Å². The molecule has 38 heavy (non-hydrogen) atoms. The quantitative estimate of drug-likeness (QED) is 0.434. The molecular formula is C28H34ClF3N2O4. The van der Waals surface area contributed by atoms with Crippen LogP contribution in [0.1, 0.15) is 54.9 Å². The largest absolute Gasteiger partial charge is 0.491 e. The van der Waals surface area contributed by atoms with Gasteiger partial charge in [0, 0.05) is 32.7 Å². The zero-order valence-electron chi connectivity index (χ0n) is 21.8. The van der Waals surface area contributed by atoms with E-state index in [1.54, 1.807) is 32.3 Å². The predicted molar refractivity (Wildman–Crippen MR) is 139 cm³/mol. The molecule has 1 unspecified atom stereocenters. The van der Waals surface area contributed by atoms with Crippen LogP contribution < -0.4 is 4.74 Å². The fourth-order valence-corrected chi connectivity index (χ4v) is 4.96. The Morgan fingerprint density at radius 2 is 1.76 bits per heavy atom. The molecule has 0 saturated carbocycles. The zero-order chi connectivity index (χ0) is 28.1. The summed E-state index contributed by atoms with van der Waals surface area (Å²) >= 11 is 6.25. The van der Waals surface area contributed by atoms with Crippen LogP contribution in [0.5, 0.6) is 5.75 Å². The molecule has 10 heteroatoms. The van der Waals surface area contributed by atoms with E-state index in [0.717, 1.165) is 36.3 Å². The molecular weight excluding hydrogens is 521 g/mol. The summed E-state index contributed by atoms with van der Waals surface area (Å²) in [5.41, 5.74) is -3.64. The number of hydrogen-bond acceptors (Lipinski definition) is 4. The Bertz CT molecular complexity index is 1110. The summed E-state index contributed by atoms with van der Waals surface area (Å²) in [5.74, 6) is -0.674. The van der Waals surface area contributed by atoms with E-state index >= 15 is 0 Å². The second kappa shape index (κ2) is 12.4. The average molecular weight is 555 g/mol. The van der Waals surface area contributed by atoms with Gasteiger partial charge in [-0.25, -0.2) is 0 Å². The van der Waals surface area contributed by atoms with Gasteiger partial charge in [-0.05, 0) is 56.7 Å². The normalized spacial score (nSPS) is 17.0. The minimum absolute atomic E-state index is 0.101. The number of amides is 2. The van der Waals surface area contributed by atoms with E-state index in [0.29, 0.717) is 29.2 Å². The van der Waals surface area contributed by atoms with Crippen molar-refractivity contribution in [1.29, 1.82) is 0 Å². The monoisotopic (exact) mass is 554 g/mol. The number of halogens is 4. The second-order valence-electron chi connectivity index (χ2n) is 10.0. The van der Waals surface area contributed by atoms with E-state index in [4.69, 9.17) is 16.3 Å². The van der Waals surface area contributed by atoms with Crippen molar-refractivity contribution in [3.8, 4) is 5.75 Å². The number of carbonyl (C=O) groups excluding carboxylic acids is 2. The van der Waals surface area contributed by atoms with Gasteiger partial charge in [-0.1, -0.05) is 48.4 Å². The molecule has 0 aromatic heterocycles. The van der Waals surface area contributed by atoms with E-state index in [-0.39, 0.29) is 31.0 Å². The zero-order valence-corrected chi connectivity index (χ0v) is 22.6. The number of aliphatic hydroxyl groups is 1. The van der Waals surface area contributed by atoms with Gasteiger partial charge in [0.15, 0.2) is 0 Å². The summed E-state index contributed by atoms with van der Waals surface area (Å²) in [6.45, 7) is 2.27. The number of rotatable bonds is 9. The molecule has 2 atom stereocenters. The first-order valence-electron chi connectivity index (χ1n) is 12.7. The van der Waals surface area contributed by atoms with E-state index in [2.05, 4.69) is 0 Å². The lowest BCUT2D eigenvalue weighted by atomic mass is 9.87. The van der Waals surface area contributed by atoms with E-state index in [1.807, 2.05) is 6.92 Å². The first-order chi connectivity index (χ1) is 17.8. The summed E-state index contributed by atoms with van der Waals surface area (Å²) in [6.07, 6.45) is -1.63. The van der Waals surface area contributed by atoms with E-state index < -0.39 is 23.2 Å². The Kier molecular flexibility index (Phi) is 9.70. The standard InChI is InChI=1S/C28H34ClF3N2O4/c1-19(38-22-12-13-23(24(29)18-22)25(35)33(2)3)8-7-9-20-14-16-34(17-15-20)26(36)27(37,28(30,31)32)21-10-5-4-6-11-21/h4-6,10-13,18-20,37H,7-9,14-17H2,1-3H3/t19-,27?/m1/s1. The second-order valence-corrected chi connectivity index (χ2v) is 10.4. The maximum absolute atomic E-state index is 13.8. The molecule has 1 aliphatic heterocycles. The van der Waals surface area contributed by atoms with Crippen molar-refractivity contribution in [1.82, 2.24) is 9.80 Å². The maximum atomic E-state index is 13.8. The first-order valence-corrected chi connectivity index (χ1v) is 13.0. The third-order valence-corrected chi connectivity index (χ3v) is 7.26. The van der Waals surface area contributed by atoms with Gasteiger partial charge >= 0.3 is 6.18 Å². The molecule has 1 saturated heterocycles. The average Bonchev–Trinajstić information content (AvgIpc) is 2.87. The van der Waals surface area contributed by atoms with Gasteiger partial charge in [0.05, 0.1) is 16.7 Å². The Morgan fingerprint density at radius 3 is 2.32 bits per heavy atom. The summed E-state index contributed by atoms with van der Waals surface area (Å²) in [4.78, 5) is 27.6. The molecule has 2 aromatic carbocycles. The molecule has 0 radical (unpaired) electrons. The van der Waals surface area contributed by atoms with Crippen molar-refractivity contribution in [2.45, 2.75) is 56.9 Å². The molecule has 6 nitrogen and oxygen atoms in total. The number of alkyl halides is 3. The Labute approximate surface area is 226 Å². The molecule has 2 aromatic rings. The van der Waals surface area contributed by atoms with Crippen LogP contribution in [-0.2, 0) is 10.4 Å². The van der Waals surface area contributed by atoms with Crippen LogP contribution in [0.2, 0.25) is 5.02 Å². The smallest absolute Gasteiger partial charge is 0.430 e. The highest BCUT2D eigenvalue weighted by Gasteiger charge is 2.62. The predicted octanol–water partition coefficient (Wildman–Crippen LogP) is 5.67. The highest BCUT2D eigenvalue weighted by molar-refractivity contribution is 6.34. The van der Waals surface area contributed by atoms with Gasteiger partial charge in [0.25, 0.3) is 17.4 Å². The number of likely N-dealkylation sites (tertiary alicyclic amines) is 1. The molecule has 208 valence electrons. The molecule has 1 heterocycles. The fourth-order valence-electron chi connectivity index (χ4n) is 4.71. The van der Waals surface area contributed by atoms with Gasteiger partial charge in [-0.2, -0.15) is 13.2 Å². The van der Waals surface area contributed by atoms with Crippen LogP contribution in [0, 0.1) is 5.92 Å². The van der Waals surface area contributed by atoms with Crippen LogP contribution in [-0.4, -0.2) is 66.2 Å². The number of carbonyl (C=O) groups is 2. The van der Waals surface area contributed by atoms with E-state index in [1.165, 1.54) is 23.1 Å². The summed E-state index contributed by atoms with van der Waals surface area (Å²) < 4.78 is 47.5. The Morgan fingerprint density at radius 1 is 1.13 bits per heavy atom. The number of nitrogens with zero attached hydrogens (tertiary/aromatic N) is 2. The SMILES string of the molecule is C[C@H](CCCC1CCN(C(=O)C(O)(c2ccccc2)C(F)(F)F)CC1)Oc1ccc(C(=O)N(C)C)c(Cl)c1. The van der Waals surface area contributed by atoms with Crippen molar-refractivity contribution in [3.63, 3.8) is 0 Å². The third kappa shape index (κ3) is 6.80. The van der Waals surface area contributed by atoms with Crippen molar-refractivity contribution < 1.29 is 32.6 Å². The van der Waals surface area contributed by atoms with Crippen LogP contribution in [0.4, 0.5) is 13.2 Å². The highest BCUT2D eigenvalue weighted by Crippen LogP contribution is 2.41. The Balaban J connectivity index is 1.48. The third-order valence-electron chi connectivity index (χ3n) is 6.95. The van der Waals surface area contributed by atoms with Crippen molar-refractivity contribution in [2.75, 3.05) is 27.2 Å². The first kappa shape index (κ1) is 29.8. The fraction of sp³-hybridized carbons (Fsp3) is 0.500. The minimum atomic E-state index is -5.13. The van der Waals surface area contributed by atoms with Crippen LogP contribution >= 0.6 is 11.6 Å². The lowest BCUT2D eigenvalue weighted by Crippen LogP contribution is -2.57. The topological polar surface area (TPSA) is 70.1 Å². The van der Waals surface area contributed by atoms with E-state index in [9.17, 15) is 27.9 Å². The number of piperidine rings is 1. The van der Waals surface area contributed by atoms with Crippen molar-refractivity contribution >= 4 is 23.4 Å². The van der Waals surface area contributed by atoms with Crippen LogP contribution in [0.3, 0.4) is 0 Å².